The molecule has 0 amide bonds. The maximum Gasteiger partial charge on any atom is 0.135 e. The second-order valence-electron chi connectivity index (χ2n) is 5.07. The molecule has 0 aliphatic heterocycles. The lowest BCUT2D eigenvalue weighted by Gasteiger charge is -2.16. The quantitative estimate of drug-likeness (QED) is 0.680. The number of anilines is 2. The van der Waals surface area contributed by atoms with Crippen LogP contribution >= 0.6 is 0 Å². The molecule has 0 aliphatic rings. The van der Waals surface area contributed by atoms with Gasteiger partial charge in [-0.05, 0) is 27.2 Å². The Morgan fingerprint density at radius 2 is 1.75 bits per heavy atom. The van der Waals surface area contributed by atoms with E-state index in [9.17, 15) is 0 Å². The summed E-state index contributed by atoms with van der Waals surface area (Å²) in [5.74, 6) is 3.05. The number of hydrogen-bond acceptors (Lipinski definition) is 5. The predicted molar refractivity (Wildman–Crippen MR) is 84.6 cm³/mol. The molecule has 1 aromatic heterocycles. The lowest BCUT2D eigenvalue weighted by Crippen LogP contribution is -2.13. The Hall–Kier alpha value is -1.36. The topological polar surface area (TPSA) is 59.1 Å². The Morgan fingerprint density at radius 3 is 2.30 bits per heavy atom. The van der Waals surface area contributed by atoms with E-state index in [0.29, 0.717) is 5.92 Å². The van der Waals surface area contributed by atoms with E-state index >= 15 is 0 Å². The molecule has 20 heavy (non-hydrogen) atoms. The van der Waals surface area contributed by atoms with E-state index in [2.05, 4.69) is 41.4 Å². The highest BCUT2D eigenvalue weighted by molar-refractivity contribution is 5.57. The van der Waals surface area contributed by atoms with E-state index in [4.69, 9.17) is 4.74 Å². The average molecular weight is 280 g/mol. The average Bonchev–Trinajstić information content (AvgIpc) is 2.42. The molecule has 0 atom stereocenters. The minimum Gasteiger partial charge on any atom is -0.382 e. The van der Waals surface area contributed by atoms with Crippen LogP contribution in [0.15, 0.2) is 0 Å². The SMILES string of the molecule is CCNc1nc(C(C)C)nc(NCCCOCC)c1C. The van der Waals surface area contributed by atoms with Crippen LogP contribution < -0.4 is 10.6 Å². The summed E-state index contributed by atoms with van der Waals surface area (Å²) in [6.07, 6.45) is 0.977. The van der Waals surface area contributed by atoms with Crippen molar-refractivity contribution in [1.82, 2.24) is 9.97 Å². The van der Waals surface area contributed by atoms with E-state index in [0.717, 1.165) is 55.7 Å². The fraction of sp³-hybridized carbons (Fsp3) is 0.733. The van der Waals surface area contributed by atoms with Crippen LogP contribution in [0.1, 0.15) is 51.4 Å². The second-order valence-corrected chi connectivity index (χ2v) is 5.07. The number of nitrogens with zero attached hydrogens (tertiary/aromatic N) is 2. The van der Waals surface area contributed by atoms with E-state index in [1.807, 2.05) is 13.8 Å². The zero-order chi connectivity index (χ0) is 15.0. The summed E-state index contributed by atoms with van der Waals surface area (Å²) in [5.41, 5.74) is 1.08. The summed E-state index contributed by atoms with van der Waals surface area (Å²) in [7, 11) is 0. The van der Waals surface area contributed by atoms with Crippen molar-refractivity contribution in [2.75, 3.05) is 36.9 Å². The Bertz CT molecular complexity index is 407. The van der Waals surface area contributed by atoms with Gasteiger partial charge in [-0.3, -0.25) is 0 Å². The minimum absolute atomic E-state index is 0.317. The minimum atomic E-state index is 0.317. The lowest BCUT2D eigenvalue weighted by molar-refractivity contribution is 0.147. The van der Waals surface area contributed by atoms with Gasteiger partial charge in [0.05, 0.1) is 0 Å². The van der Waals surface area contributed by atoms with Gasteiger partial charge in [-0.2, -0.15) is 0 Å². The van der Waals surface area contributed by atoms with Gasteiger partial charge in [0, 0.05) is 37.8 Å². The van der Waals surface area contributed by atoms with Crippen molar-refractivity contribution in [3.63, 3.8) is 0 Å². The molecule has 0 bridgehead atoms. The normalized spacial score (nSPS) is 10.9. The number of aromatic nitrogens is 2. The number of ether oxygens (including phenoxy) is 1. The molecule has 0 saturated heterocycles. The fourth-order valence-corrected chi connectivity index (χ4v) is 1.83. The number of hydrogen-bond donors (Lipinski definition) is 2. The standard InChI is InChI=1S/C15H28N4O/c1-6-16-14-12(5)15(17-9-8-10-20-7-2)19-13(18-14)11(3)4/h11H,6-10H2,1-5H3,(H2,16,17,18,19). The fourth-order valence-electron chi connectivity index (χ4n) is 1.83. The first-order valence-electron chi connectivity index (χ1n) is 7.54. The van der Waals surface area contributed by atoms with Gasteiger partial charge in [0.1, 0.15) is 17.5 Å². The molecular weight excluding hydrogens is 252 g/mol. The van der Waals surface area contributed by atoms with Gasteiger partial charge < -0.3 is 15.4 Å². The third-order valence-corrected chi connectivity index (χ3v) is 2.99. The summed E-state index contributed by atoms with van der Waals surface area (Å²) in [6.45, 7) is 13.6. The molecule has 0 radical (unpaired) electrons. The van der Waals surface area contributed by atoms with Gasteiger partial charge in [0.25, 0.3) is 0 Å². The van der Waals surface area contributed by atoms with Gasteiger partial charge in [-0.1, -0.05) is 13.8 Å². The Balaban J connectivity index is 2.76. The highest BCUT2D eigenvalue weighted by Crippen LogP contribution is 2.22. The molecule has 2 N–H and O–H groups in total. The van der Waals surface area contributed by atoms with Crippen LogP contribution in [0.2, 0.25) is 0 Å². The molecule has 1 aromatic rings. The van der Waals surface area contributed by atoms with Crippen LogP contribution in [0.3, 0.4) is 0 Å². The Morgan fingerprint density at radius 1 is 1.10 bits per heavy atom. The number of nitrogens with one attached hydrogen (secondary N) is 2. The third kappa shape index (κ3) is 4.96. The van der Waals surface area contributed by atoms with Crippen molar-refractivity contribution in [2.24, 2.45) is 0 Å². The van der Waals surface area contributed by atoms with Crippen LogP contribution in [0.5, 0.6) is 0 Å². The predicted octanol–water partition coefficient (Wildman–Crippen LogP) is 3.18. The summed E-state index contributed by atoms with van der Waals surface area (Å²) in [5, 5.41) is 6.70. The van der Waals surface area contributed by atoms with Crippen LogP contribution in [0, 0.1) is 6.92 Å². The van der Waals surface area contributed by atoms with E-state index in [1.165, 1.54) is 0 Å². The Labute approximate surface area is 122 Å². The zero-order valence-electron chi connectivity index (χ0n) is 13.4. The summed E-state index contributed by atoms with van der Waals surface area (Å²) in [6, 6.07) is 0. The first kappa shape index (κ1) is 16.7. The molecule has 5 heteroatoms. The van der Waals surface area contributed by atoms with Crippen molar-refractivity contribution in [2.45, 2.75) is 47.0 Å². The highest BCUT2D eigenvalue weighted by atomic mass is 16.5. The molecule has 1 heterocycles. The van der Waals surface area contributed by atoms with Crippen molar-refractivity contribution in [1.29, 1.82) is 0 Å². The second kappa shape index (κ2) is 8.74. The van der Waals surface area contributed by atoms with Crippen LogP contribution in [0.4, 0.5) is 11.6 Å². The Kier molecular flexibility index (Phi) is 7.30. The van der Waals surface area contributed by atoms with E-state index in [-0.39, 0.29) is 0 Å². The number of rotatable bonds is 9. The van der Waals surface area contributed by atoms with Crippen molar-refractivity contribution >= 4 is 11.6 Å². The smallest absolute Gasteiger partial charge is 0.135 e. The van der Waals surface area contributed by atoms with Gasteiger partial charge in [-0.15, -0.1) is 0 Å². The molecule has 5 nitrogen and oxygen atoms in total. The van der Waals surface area contributed by atoms with Crippen LogP contribution in [-0.4, -0.2) is 36.3 Å². The van der Waals surface area contributed by atoms with Gasteiger partial charge in [0.15, 0.2) is 0 Å². The molecule has 0 saturated carbocycles. The summed E-state index contributed by atoms with van der Waals surface area (Å²) >= 11 is 0. The van der Waals surface area contributed by atoms with Gasteiger partial charge in [0.2, 0.25) is 0 Å². The van der Waals surface area contributed by atoms with Crippen LogP contribution in [-0.2, 0) is 4.74 Å². The highest BCUT2D eigenvalue weighted by Gasteiger charge is 2.12. The summed E-state index contributed by atoms with van der Waals surface area (Å²) in [4.78, 5) is 9.22. The molecular formula is C15H28N4O. The van der Waals surface area contributed by atoms with E-state index < -0.39 is 0 Å². The maximum atomic E-state index is 5.34. The molecule has 1 rings (SSSR count). The first-order valence-corrected chi connectivity index (χ1v) is 7.54. The molecule has 0 fully saturated rings. The largest absolute Gasteiger partial charge is 0.382 e. The first-order chi connectivity index (χ1) is 9.60. The van der Waals surface area contributed by atoms with Crippen LogP contribution in [0.25, 0.3) is 0 Å². The molecule has 114 valence electrons. The third-order valence-electron chi connectivity index (χ3n) is 2.99. The van der Waals surface area contributed by atoms with Crippen molar-refractivity contribution in [3.05, 3.63) is 11.4 Å². The molecule has 0 aromatic carbocycles. The molecule has 0 spiro atoms. The summed E-state index contributed by atoms with van der Waals surface area (Å²) < 4.78 is 5.34. The van der Waals surface area contributed by atoms with Gasteiger partial charge >= 0.3 is 0 Å². The monoisotopic (exact) mass is 280 g/mol. The molecule has 0 aliphatic carbocycles. The van der Waals surface area contributed by atoms with E-state index in [1.54, 1.807) is 0 Å². The lowest BCUT2D eigenvalue weighted by atomic mass is 10.2. The maximum absolute atomic E-state index is 5.34. The van der Waals surface area contributed by atoms with Crippen molar-refractivity contribution in [3.8, 4) is 0 Å². The van der Waals surface area contributed by atoms with Crippen molar-refractivity contribution < 1.29 is 4.74 Å². The zero-order valence-corrected chi connectivity index (χ0v) is 13.4. The van der Waals surface area contributed by atoms with Gasteiger partial charge in [-0.25, -0.2) is 9.97 Å². The molecule has 0 unspecified atom stereocenters.